The van der Waals surface area contributed by atoms with Gasteiger partial charge in [0.05, 0.1) is 13.7 Å². The second-order valence-electron chi connectivity index (χ2n) is 2.86. The standard InChI is InChI=1S/C10H9ClO2S/c1-13-10-8(11)7-4-2-3-6(5-12)9(7)14-10/h2-4,12H,5H2,1H3. The lowest BCUT2D eigenvalue weighted by Crippen LogP contribution is -1.80. The Labute approximate surface area is 90.7 Å². The van der Waals surface area contributed by atoms with E-state index in [1.54, 1.807) is 7.11 Å². The second kappa shape index (κ2) is 3.77. The molecule has 74 valence electrons. The van der Waals surface area contributed by atoms with Gasteiger partial charge in [-0.15, -0.1) is 0 Å². The Balaban J connectivity index is 2.77. The molecule has 0 aliphatic carbocycles. The van der Waals surface area contributed by atoms with Gasteiger partial charge in [-0.25, -0.2) is 0 Å². The van der Waals surface area contributed by atoms with E-state index >= 15 is 0 Å². The third-order valence-electron chi connectivity index (χ3n) is 2.06. The van der Waals surface area contributed by atoms with Crippen molar-refractivity contribution in [2.24, 2.45) is 0 Å². The van der Waals surface area contributed by atoms with E-state index in [-0.39, 0.29) is 6.61 Å². The van der Waals surface area contributed by atoms with Crippen LogP contribution in [0.1, 0.15) is 5.56 Å². The molecule has 1 N–H and O–H groups in total. The van der Waals surface area contributed by atoms with E-state index in [0.717, 1.165) is 15.6 Å². The number of benzene rings is 1. The Kier molecular flexibility index (Phi) is 2.63. The molecule has 0 saturated heterocycles. The number of thiophene rings is 1. The van der Waals surface area contributed by atoms with E-state index in [1.165, 1.54) is 11.3 Å². The summed E-state index contributed by atoms with van der Waals surface area (Å²) in [5.74, 6) is 0. The van der Waals surface area contributed by atoms with Crippen LogP contribution in [0.25, 0.3) is 10.1 Å². The Morgan fingerprint density at radius 1 is 1.50 bits per heavy atom. The first-order valence-corrected chi connectivity index (χ1v) is 5.32. The molecule has 2 nitrogen and oxygen atoms in total. The maximum Gasteiger partial charge on any atom is 0.193 e. The summed E-state index contributed by atoms with van der Waals surface area (Å²) in [6, 6.07) is 5.69. The lowest BCUT2D eigenvalue weighted by Gasteiger charge is -1.96. The highest BCUT2D eigenvalue weighted by Crippen LogP contribution is 2.42. The van der Waals surface area contributed by atoms with E-state index in [1.807, 2.05) is 18.2 Å². The highest BCUT2D eigenvalue weighted by atomic mass is 35.5. The fourth-order valence-electron chi connectivity index (χ4n) is 1.38. The average molecular weight is 229 g/mol. The summed E-state index contributed by atoms with van der Waals surface area (Å²) >= 11 is 7.55. The molecule has 0 unspecified atom stereocenters. The molecule has 1 heterocycles. The topological polar surface area (TPSA) is 29.5 Å². The van der Waals surface area contributed by atoms with Gasteiger partial charge in [-0.3, -0.25) is 0 Å². The maximum atomic E-state index is 9.13. The zero-order valence-electron chi connectivity index (χ0n) is 7.58. The van der Waals surface area contributed by atoms with E-state index in [2.05, 4.69) is 0 Å². The van der Waals surface area contributed by atoms with Crippen LogP contribution in [0, 0.1) is 0 Å². The van der Waals surface area contributed by atoms with E-state index in [9.17, 15) is 0 Å². The first-order chi connectivity index (χ1) is 6.77. The van der Waals surface area contributed by atoms with Crippen LogP contribution >= 0.6 is 22.9 Å². The molecule has 0 fully saturated rings. The molecule has 0 radical (unpaired) electrons. The molecule has 2 aromatic rings. The van der Waals surface area contributed by atoms with Gasteiger partial charge in [0, 0.05) is 10.1 Å². The predicted octanol–water partition coefficient (Wildman–Crippen LogP) is 3.06. The number of aliphatic hydroxyl groups is 1. The van der Waals surface area contributed by atoms with Gasteiger partial charge in [-0.2, -0.15) is 0 Å². The molecule has 0 amide bonds. The van der Waals surface area contributed by atoms with E-state index < -0.39 is 0 Å². The lowest BCUT2D eigenvalue weighted by atomic mass is 10.2. The number of aliphatic hydroxyl groups excluding tert-OH is 1. The van der Waals surface area contributed by atoms with Gasteiger partial charge >= 0.3 is 0 Å². The minimum atomic E-state index is 0.0251. The van der Waals surface area contributed by atoms with Crippen LogP contribution in [0.15, 0.2) is 18.2 Å². The Bertz CT molecular complexity index is 464. The fourth-order valence-corrected chi connectivity index (χ4v) is 2.80. The quantitative estimate of drug-likeness (QED) is 0.856. The third-order valence-corrected chi connectivity index (χ3v) is 3.79. The molecule has 0 atom stereocenters. The Morgan fingerprint density at radius 3 is 2.93 bits per heavy atom. The van der Waals surface area contributed by atoms with Gasteiger partial charge in [-0.05, 0) is 5.56 Å². The summed E-state index contributed by atoms with van der Waals surface area (Å²) < 4.78 is 6.13. The summed E-state index contributed by atoms with van der Waals surface area (Å²) in [5.41, 5.74) is 0.887. The van der Waals surface area contributed by atoms with Gasteiger partial charge in [0.1, 0.15) is 5.02 Å². The molecule has 4 heteroatoms. The first kappa shape index (κ1) is 9.77. The minimum Gasteiger partial charge on any atom is -0.486 e. The van der Waals surface area contributed by atoms with E-state index in [0.29, 0.717) is 10.1 Å². The van der Waals surface area contributed by atoms with Crippen molar-refractivity contribution in [3.8, 4) is 5.06 Å². The van der Waals surface area contributed by atoms with Gasteiger partial charge in [-0.1, -0.05) is 41.1 Å². The van der Waals surface area contributed by atoms with Gasteiger partial charge in [0.2, 0.25) is 0 Å². The second-order valence-corrected chi connectivity index (χ2v) is 4.22. The molecule has 0 saturated carbocycles. The number of ether oxygens (including phenoxy) is 1. The highest BCUT2D eigenvalue weighted by molar-refractivity contribution is 7.21. The minimum absolute atomic E-state index is 0.0251. The maximum absolute atomic E-state index is 9.13. The normalized spacial score (nSPS) is 10.8. The average Bonchev–Trinajstić information content (AvgIpc) is 2.55. The fraction of sp³-hybridized carbons (Fsp3) is 0.200. The smallest absolute Gasteiger partial charge is 0.193 e. The van der Waals surface area contributed by atoms with Crippen LogP contribution in [-0.2, 0) is 6.61 Å². The highest BCUT2D eigenvalue weighted by Gasteiger charge is 2.12. The van der Waals surface area contributed by atoms with Crippen molar-refractivity contribution in [3.05, 3.63) is 28.8 Å². The van der Waals surface area contributed by atoms with Crippen LogP contribution in [0.2, 0.25) is 5.02 Å². The van der Waals surface area contributed by atoms with Crippen molar-refractivity contribution in [2.45, 2.75) is 6.61 Å². The first-order valence-electron chi connectivity index (χ1n) is 4.12. The van der Waals surface area contributed by atoms with Gasteiger partial charge in [0.25, 0.3) is 0 Å². The number of hydrogen-bond acceptors (Lipinski definition) is 3. The van der Waals surface area contributed by atoms with Crippen molar-refractivity contribution in [1.29, 1.82) is 0 Å². The molecular weight excluding hydrogens is 220 g/mol. The SMILES string of the molecule is COc1sc2c(CO)cccc2c1Cl. The Morgan fingerprint density at radius 2 is 2.29 bits per heavy atom. The lowest BCUT2D eigenvalue weighted by molar-refractivity contribution is 0.283. The molecule has 1 aromatic carbocycles. The van der Waals surface area contributed by atoms with Crippen molar-refractivity contribution in [2.75, 3.05) is 7.11 Å². The summed E-state index contributed by atoms with van der Waals surface area (Å²) in [6.07, 6.45) is 0. The van der Waals surface area contributed by atoms with Crippen molar-refractivity contribution >= 4 is 33.0 Å². The third kappa shape index (κ3) is 1.38. The summed E-state index contributed by atoms with van der Waals surface area (Å²) in [4.78, 5) is 0. The largest absolute Gasteiger partial charge is 0.486 e. The van der Waals surface area contributed by atoms with Crippen LogP contribution < -0.4 is 4.74 Å². The summed E-state index contributed by atoms with van der Waals surface area (Å²) in [7, 11) is 1.59. The number of halogens is 1. The van der Waals surface area contributed by atoms with Gasteiger partial charge in [0.15, 0.2) is 5.06 Å². The zero-order valence-corrected chi connectivity index (χ0v) is 9.15. The monoisotopic (exact) mass is 228 g/mol. The Hall–Kier alpha value is -0.770. The molecule has 0 aliphatic heterocycles. The van der Waals surface area contributed by atoms with Crippen molar-refractivity contribution in [3.63, 3.8) is 0 Å². The summed E-state index contributed by atoms with van der Waals surface area (Å²) in [6.45, 7) is 0.0251. The molecule has 1 aromatic heterocycles. The zero-order chi connectivity index (χ0) is 10.1. The molecule has 14 heavy (non-hydrogen) atoms. The van der Waals surface area contributed by atoms with Crippen LogP contribution in [-0.4, -0.2) is 12.2 Å². The molecule has 2 rings (SSSR count). The summed E-state index contributed by atoms with van der Waals surface area (Å²) in [5, 5.41) is 11.4. The van der Waals surface area contributed by atoms with Crippen LogP contribution in [0.3, 0.4) is 0 Å². The van der Waals surface area contributed by atoms with E-state index in [4.69, 9.17) is 21.4 Å². The number of rotatable bonds is 2. The predicted molar refractivity (Wildman–Crippen MR) is 59.3 cm³/mol. The van der Waals surface area contributed by atoms with Gasteiger partial charge < -0.3 is 9.84 Å². The van der Waals surface area contributed by atoms with Crippen LogP contribution in [0.5, 0.6) is 5.06 Å². The molecule has 0 spiro atoms. The number of methoxy groups -OCH3 is 1. The molecule has 0 aliphatic rings. The van der Waals surface area contributed by atoms with Crippen molar-refractivity contribution < 1.29 is 9.84 Å². The number of hydrogen-bond donors (Lipinski definition) is 1. The van der Waals surface area contributed by atoms with Crippen LogP contribution in [0.4, 0.5) is 0 Å². The molecule has 0 bridgehead atoms. The van der Waals surface area contributed by atoms with Crippen molar-refractivity contribution in [1.82, 2.24) is 0 Å². The molecular formula is C10H9ClO2S. The number of fused-ring (bicyclic) bond motifs is 1.